The Balaban J connectivity index is 1.58. The number of hydrazone groups is 1. The number of phenolic OH excluding ortho intramolecular Hbond substituents is 2. The second kappa shape index (κ2) is 7.67. The third-order valence-electron chi connectivity index (χ3n) is 3.36. The quantitative estimate of drug-likeness (QED) is 0.372. The summed E-state index contributed by atoms with van der Waals surface area (Å²) in [5.74, 6) is -0.241. The van der Waals surface area contributed by atoms with Crippen LogP contribution in [0.2, 0.25) is 0 Å². The molecule has 6 nitrogen and oxygen atoms in total. The second-order valence-electron chi connectivity index (χ2n) is 5.16. The smallest absolute Gasteiger partial charge is 0.250 e. The molecule has 0 fully saturated rings. The van der Waals surface area contributed by atoms with Crippen molar-refractivity contribution in [1.82, 2.24) is 10.4 Å². The zero-order chi connectivity index (χ0) is 17.6. The first-order valence-corrected chi connectivity index (χ1v) is 8.42. The predicted octanol–water partition coefficient (Wildman–Crippen LogP) is 2.89. The van der Waals surface area contributed by atoms with Gasteiger partial charge >= 0.3 is 0 Å². The highest BCUT2D eigenvalue weighted by atomic mass is 32.2. The molecule has 3 rings (SSSR count). The van der Waals surface area contributed by atoms with Crippen LogP contribution in [0.3, 0.4) is 0 Å². The number of carbonyl (C=O) groups is 1. The second-order valence-corrected chi connectivity index (χ2v) is 6.17. The fourth-order valence-corrected chi connectivity index (χ4v) is 3.02. The van der Waals surface area contributed by atoms with Crippen LogP contribution in [0.1, 0.15) is 5.56 Å². The molecule has 25 heavy (non-hydrogen) atoms. The molecule has 0 saturated heterocycles. The van der Waals surface area contributed by atoms with Gasteiger partial charge in [0.1, 0.15) is 11.5 Å². The number of phenols is 2. The number of amides is 1. The van der Waals surface area contributed by atoms with E-state index in [0.29, 0.717) is 5.56 Å². The zero-order valence-electron chi connectivity index (χ0n) is 13.1. The summed E-state index contributed by atoms with van der Waals surface area (Å²) < 4.78 is 0. The highest BCUT2D eigenvalue weighted by Gasteiger charge is 2.06. The Kier molecular flexibility index (Phi) is 5.15. The number of aromatic nitrogens is 1. The molecule has 1 heterocycles. The molecule has 3 aromatic rings. The van der Waals surface area contributed by atoms with Crippen LogP contribution >= 0.6 is 11.8 Å². The van der Waals surface area contributed by atoms with Gasteiger partial charge in [-0.15, -0.1) is 11.8 Å². The lowest BCUT2D eigenvalue weighted by atomic mass is 10.2. The first-order valence-electron chi connectivity index (χ1n) is 7.44. The fourth-order valence-electron chi connectivity index (χ4n) is 2.18. The SMILES string of the molecule is O=C(CSc1cccc2cccnc12)N/N=C/c1ccc(O)cc1O. The molecule has 0 aliphatic rings. The lowest BCUT2D eigenvalue weighted by molar-refractivity contribution is -0.118. The van der Waals surface area contributed by atoms with E-state index in [-0.39, 0.29) is 23.2 Å². The number of benzene rings is 2. The number of thioether (sulfide) groups is 1. The van der Waals surface area contributed by atoms with Gasteiger partial charge in [-0.25, -0.2) is 5.43 Å². The van der Waals surface area contributed by atoms with E-state index in [4.69, 9.17) is 0 Å². The molecule has 0 unspecified atom stereocenters. The van der Waals surface area contributed by atoms with Gasteiger partial charge in [-0.1, -0.05) is 18.2 Å². The molecule has 126 valence electrons. The van der Waals surface area contributed by atoms with Gasteiger partial charge in [-0.2, -0.15) is 5.10 Å². The number of hydrogen-bond donors (Lipinski definition) is 3. The largest absolute Gasteiger partial charge is 0.508 e. The fraction of sp³-hybridized carbons (Fsp3) is 0.0556. The maximum absolute atomic E-state index is 11.9. The van der Waals surface area contributed by atoms with E-state index in [2.05, 4.69) is 15.5 Å². The van der Waals surface area contributed by atoms with Crippen molar-refractivity contribution in [2.45, 2.75) is 4.90 Å². The lowest BCUT2D eigenvalue weighted by Gasteiger charge is -2.04. The van der Waals surface area contributed by atoms with Gasteiger partial charge in [0.05, 0.1) is 17.5 Å². The predicted molar refractivity (Wildman–Crippen MR) is 98.0 cm³/mol. The van der Waals surface area contributed by atoms with Crippen molar-refractivity contribution < 1.29 is 15.0 Å². The molecule has 2 aromatic carbocycles. The maximum atomic E-state index is 11.9. The standard InChI is InChI=1S/C18H15N3O3S/c22-14-7-6-13(15(23)9-14)10-20-21-17(24)11-25-16-5-1-3-12-4-2-8-19-18(12)16/h1-10,22-23H,11H2,(H,21,24)/b20-10+. The van der Waals surface area contributed by atoms with E-state index < -0.39 is 0 Å². The van der Waals surface area contributed by atoms with Crippen molar-refractivity contribution in [3.8, 4) is 11.5 Å². The number of nitrogens with one attached hydrogen (secondary N) is 1. The number of nitrogens with zero attached hydrogens (tertiary/aromatic N) is 2. The van der Waals surface area contributed by atoms with Gasteiger partial charge in [-0.05, 0) is 24.3 Å². The lowest BCUT2D eigenvalue weighted by Crippen LogP contribution is -2.19. The molecule has 0 radical (unpaired) electrons. The van der Waals surface area contributed by atoms with Crippen LogP contribution in [0, 0.1) is 0 Å². The summed E-state index contributed by atoms with van der Waals surface area (Å²) in [6.07, 6.45) is 3.04. The summed E-state index contributed by atoms with van der Waals surface area (Å²) in [5.41, 5.74) is 3.66. The third-order valence-corrected chi connectivity index (χ3v) is 4.41. The van der Waals surface area contributed by atoms with Crippen LogP contribution in [0.5, 0.6) is 11.5 Å². The van der Waals surface area contributed by atoms with Crippen molar-refractivity contribution >= 4 is 34.8 Å². The van der Waals surface area contributed by atoms with Gasteiger partial charge in [0.2, 0.25) is 5.91 Å². The maximum Gasteiger partial charge on any atom is 0.250 e. The average molecular weight is 353 g/mol. The number of rotatable bonds is 5. The Hall–Kier alpha value is -3.06. The van der Waals surface area contributed by atoms with Gasteiger partial charge < -0.3 is 10.2 Å². The summed E-state index contributed by atoms with van der Waals surface area (Å²) in [6.45, 7) is 0. The zero-order valence-corrected chi connectivity index (χ0v) is 13.9. The highest BCUT2D eigenvalue weighted by Crippen LogP contribution is 2.25. The van der Waals surface area contributed by atoms with E-state index in [1.165, 1.54) is 36.2 Å². The normalized spacial score (nSPS) is 11.0. The van der Waals surface area contributed by atoms with Gasteiger partial charge in [0.25, 0.3) is 0 Å². The van der Waals surface area contributed by atoms with Gasteiger partial charge in [-0.3, -0.25) is 9.78 Å². The van der Waals surface area contributed by atoms with Crippen molar-refractivity contribution in [2.24, 2.45) is 5.10 Å². The van der Waals surface area contributed by atoms with Crippen LogP contribution in [-0.4, -0.2) is 33.1 Å². The minimum absolute atomic E-state index is 0.0428. The molecule has 1 aromatic heterocycles. The van der Waals surface area contributed by atoms with Gasteiger partial charge in [0.15, 0.2) is 0 Å². The summed E-state index contributed by atoms with van der Waals surface area (Å²) in [7, 11) is 0. The van der Waals surface area contributed by atoms with Crippen LogP contribution in [0.15, 0.2) is 64.7 Å². The Bertz CT molecular complexity index is 939. The molecule has 1 amide bonds. The van der Waals surface area contributed by atoms with E-state index in [1.807, 2.05) is 30.3 Å². The van der Waals surface area contributed by atoms with E-state index in [0.717, 1.165) is 15.8 Å². The number of fused-ring (bicyclic) bond motifs is 1. The van der Waals surface area contributed by atoms with Crippen LogP contribution < -0.4 is 5.43 Å². The molecule has 7 heteroatoms. The minimum Gasteiger partial charge on any atom is -0.508 e. The molecule has 0 spiro atoms. The van der Waals surface area contributed by atoms with Crippen molar-refractivity contribution in [3.05, 3.63) is 60.3 Å². The Morgan fingerprint density at radius 3 is 2.88 bits per heavy atom. The Morgan fingerprint density at radius 2 is 2.04 bits per heavy atom. The third kappa shape index (κ3) is 4.27. The highest BCUT2D eigenvalue weighted by molar-refractivity contribution is 8.00. The number of pyridine rings is 1. The Morgan fingerprint density at radius 1 is 1.20 bits per heavy atom. The van der Waals surface area contributed by atoms with Crippen molar-refractivity contribution in [3.63, 3.8) is 0 Å². The number of para-hydroxylation sites is 1. The summed E-state index contributed by atoms with van der Waals surface area (Å²) in [5, 5.41) is 23.7. The molecular formula is C18H15N3O3S. The summed E-state index contributed by atoms with van der Waals surface area (Å²) in [4.78, 5) is 17.2. The molecule has 0 aliphatic heterocycles. The minimum atomic E-state index is -0.271. The number of aromatic hydroxyl groups is 2. The van der Waals surface area contributed by atoms with Crippen LogP contribution in [0.25, 0.3) is 10.9 Å². The van der Waals surface area contributed by atoms with E-state index >= 15 is 0 Å². The number of hydrogen-bond acceptors (Lipinski definition) is 6. The molecule has 0 saturated carbocycles. The first-order chi connectivity index (χ1) is 12.1. The van der Waals surface area contributed by atoms with Crippen molar-refractivity contribution in [1.29, 1.82) is 0 Å². The average Bonchev–Trinajstić information content (AvgIpc) is 2.62. The molecular weight excluding hydrogens is 338 g/mol. The molecule has 3 N–H and O–H groups in total. The molecule has 0 atom stereocenters. The molecule has 0 bridgehead atoms. The first kappa shape index (κ1) is 16.8. The summed E-state index contributed by atoms with van der Waals surface area (Å²) >= 11 is 1.38. The topological polar surface area (TPSA) is 94.8 Å². The van der Waals surface area contributed by atoms with E-state index in [9.17, 15) is 15.0 Å². The van der Waals surface area contributed by atoms with Crippen LogP contribution in [-0.2, 0) is 4.79 Å². The molecule has 0 aliphatic carbocycles. The van der Waals surface area contributed by atoms with Crippen molar-refractivity contribution in [2.75, 3.05) is 5.75 Å². The van der Waals surface area contributed by atoms with Crippen LogP contribution in [0.4, 0.5) is 0 Å². The number of carbonyl (C=O) groups excluding carboxylic acids is 1. The Labute approximate surface area is 148 Å². The summed E-state index contributed by atoms with van der Waals surface area (Å²) in [6, 6.07) is 13.8. The monoisotopic (exact) mass is 353 g/mol. The van der Waals surface area contributed by atoms with Gasteiger partial charge in [0, 0.05) is 28.1 Å². The van der Waals surface area contributed by atoms with E-state index in [1.54, 1.807) is 6.20 Å².